The minimum atomic E-state index is -0.917. The molecular formula is C15H14O3S. The van der Waals surface area contributed by atoms with Crippen LogP contribution in [0.4, 0.5) is 0 Å². The molecule has 98 valence electrons. The summed E-state index contributed by atoms with van der Waals surface area (Å²) in [4.78, 5) is 11.9. The first-order chi connectivity index (χ1) is 9.19. The molecule has 0 aliphatic rings. The van der Waals surface area contributed by atoms with Gasteiger partial charge in [-0.25, -0.2) is 4.79 Å². The van der Waals surface area contributed by atoms with Crippen molar-refractivity contribution in [3.8, 4) is 5.75 Å². The molecule has 4 heteroatoms. The second-order valence-corrected chi connectivity index (χ2v) is 4.85. The number of carboxylic acid groups (broad SMARTS) is 1. The van der Waals surface area contributed by atoms with Gasteiger partial charge in [-0.3, -0.25) is 0 Å². The smallest absolute Gasteiger partial charge is 0.335 e. The fraction of sp³-hybridized carbons (Fsp3) is 0.133. The van der Waals surface area contributed by atoms with Gasteiger partial charge in [0.2, 0.25) is 0 Å². The lowest BCUT2D eigenvalue weighted by Gasteiger charge is -2.07. The van der Waals surface area contributed by atoms with Gasteiger partial charge < -0.3 is 9.84 Å². The van der Waals surface area contributed by atoms with E-state index in [1.807, 2.05) is 30.5 Å². The lowest BCUT2D eigenvalue weighted by molar-refractivity contribution is 0.0697. The van der Waals surface area contributed by atoms with Gasteiger partial charge in [-0.2, -0.15) is 0 Å². The van der Waals surface area contributed by atoms with Crippen LogP contribution in [-0.4, -0.2) is 17.3 Å². The molecule has 0 heterocycles. The number of thioether (sulfide) groups is 1. The summed E-state index contributed by atoms with van der Waals surface area (Å²) < 4.78 is 5.64. The molecule has 1 N–H and O–H groups in total. The fourth-order valence-electron chi connectivity index (χ4n) is 1.58. The number of carboxylic acids is 1. The van der Waals surface area contributed by atoms with Gasteiger partial charge in [0.25, 0.3) is 0 Å². The number of rotatable bonds is 5. The summed E-state index contributed by atoms with van der Waals surface area (Å²) in [6.07, 6.45) is 2.03. The van der Waals surface area contributed by atoms with Crippen LogP contribution in [-0.2, 0) is 6.61 Å². The van der Waals surface area contributed by atoms with Gasteiger partial charge in [0.05, 0.1) is 5.56 Å². The zero-order valence-corrected chi connectivity index (χ0v) is 11.3. The maximum atomic E-state index is 10.7. The Kier molecular flexibility index (Phi) is 4.47. The van der Waals surface area contributed by atoms with Crippen molar-refractivity contribution in [3.05, 3.63) is 59.7 Å². The maximum absolute atomic E-state index is 10.7. The van der Waals surface area contributed by atoms with E-state index in [2.05, 4.69) is 0 Å². The quantitative estimate of drug-likeness (QED) is 0.845. The predicted molar refractivity (Wildman–Crippen MR) is 76.0 cm³/mol. The van der Waals surface area contributed by atoms with E-state index in [1.54, 1.807) is 36.0 Å². The van der Waals surface area contributed by atoms with Crippen molar-refractivity contribution in [3.63, 3.8) is 0 Å². The lowest BCUT2D eigenvalue weighted by atomic mass is 10.1. The van der Waals surface area contributed by atoms with E-state index < -0.39 is 5.97 Å². The highest BCUT2D eigenvalue weighted by atomic mass is 32.2. The molecule has 2 rings (SSSR count). The van der Waals surface area contributed by atoms with Crippen LogP contribution in [0.2, 0.25) is 0 Å². The highest BCUT2D eigenvalue weighted by molar-refractivity contribution is 7.98. The fourth-order valence-corrected chi connectivity index (χ4v) is 1.99. The second-order valence-electron chi connectivity index (χ2n) is 3.97. The van der Waals surface area contributed by atoms with Crippen molar-refractivity contribution in [1.82, 2.24) is 0 Å². The molecule has 2 aromatic rings. The molecule has 0 fully saturated rings. The zero-order chi connectivity index (χ0) is 13.7. The van der Waals surface area contributed by atoms with Gasteiger partial charge in [0.1, 0.15) is 12.4 Å². The first kappa shape index (κ1) is 13.5. The Morgan fingerprint density at radius 2 is 1.74 bits per heavy atom. The Hall–Kier alpha value is -1.94. The third-order valence-electron chi connectivity index (χ3n) is 2.67. The first-order valence-electron chi connectivity index (χ1n) is 5.78. The van der Waals surface area contributed by atoms with Crippen molar-refractivity contribution in [1.29, 1.82) is 0 Å². The summed E-state index contributed by atoms with van der Waals surface area (Å²) in [7, 11) is 0. The van der Waals surface area contributed by atoms with E-state index in [1.165, 1.54) is 4.90 Å². The third-order valence-corrected chi connectivity index (χ3v) is 3.41. The summed E-state index contributed by atoms with van der Waals surface area (Å²) in [6.45, 7) is 0.429. The van der Waals surface area contributed by atoms with Crippen LogP contribution in [0.15, 0.2) is 53.4 Å². The molecule has 19 heavy (non-hydrogen) atoms. The summed E-state index contributed by atoms with van der Waals surface area (Å²) in [6, 6.07) is 14.6. The summed E-state index contributed by atoms with van der Waals surface area (Å²) in [5.74, 6) is -0.111. The Balaban J connectivity index is 1.95. The Labute approximate surface area is 116 Å². The average molecular weight is 274 g/mol. The first-order valence-corrected chi connectivity index (χ1v) is 7.00. The molecule has 2 aromatic carbocycles. The van der Waals surface area contributed by atoms with E-state index >= 15 is 0 Å². The van der Waals surface area contributed by atoms with E-state index in [0.29, 0.717) is 6.61 Å². The minimum absolute atomic E-state index is 0.285. The normalized spacial score (nSPS) is 10.2. The highest BCUT2D eigenvalue weighted by Crippen LogP contribution is 2.19. The van der Waals surface area contributed by atoms with E-state index in [0.717, 1.165) is 11.3 Å². The molecule has 0 unspecified atom stereocenters. The molecule has 0 spiro atoms. The SMILES string of the molecule is CSc1ccc(OCc2ccc(C(=O)O)cc2)cc1. The molecule has 0 aliphatic carbocycles. The van der Waals surface area contributed by atoms with Crippen LogP contribution < -0.4 is 4.74 Å². The van der Waals surface area contributed by atoms with Crippen LogP contribution in [0.25, 0.3) is 0 Å². The van der Waals surface area contributed by atoms with Crippen LogP contribution >= 0.6 is 11.8 Å². The van der Waals surface area contributed by atoms with Gasteiger partial charge in [-0.15, -0.1) is 11.8 Å². The van der Waals surface area contributed by atoms with Crippen LogP contribution in [0, 0.1) is 0 Å². The molecule has 3 nitrogen and oxygen atoms in total. The summed E-state index contributed by atoms with van der Waals surface area (Å²) >= 11 is 1.69. The number of aromatic carboxylic acids is 1. The lowest BCUT2D eigenvalue weighted by Crippen LogP contribution is -1.98. The topological polar surface area (TPSA) is 46.5 Å². The number of ether oxygens (including phenoxy) is 1. The van der Waals surface area contributed by atoms with Gasteiger partial charge >= 0.3 is 5.97 Å². The van der Waals surface area contributed by atoms with Crippen LogP contribution in [0.3, 0.4) is 0 Å². The van der Waals surface area contributed by atoms with Crippen LogP contribution in [0.1, 0.15) is 15.9 Å². The number of carbonyl (C=O) groups is 1. The number of hydrogen-bond acceptors (Lipinski definition) is 3. The minimum Gasteiger partial charge on any atom is -0.489 e. The molecule has 0 bridgehead atoms. The largest absolute Gasteiger partial charge is 0.489 e. The monoisotopic (exact) mass is 274 g/mol. The molecule has 0 amide bonds. The second kappa shape index (κ2) is 6.29. The molecule has 0 atom stereocenters. The van der Waals surface area contributed by atoms with Crippen molar-refractivity contribution < 1.29 is 14.6 Å². The van der Waals surface area contributed by atoms with Gasteiger partial charge in [-0.05, 0) is 48.2 Å². The highest BCUT2D eigenvalue weighted by Gasteiger charge is 2.02. The van der Waals surface area contributed by atoms with Crippen molar-refractivity contribution in [2.75, 3.05) is 6.26 Å². The Morgan fingerprint density at radius 3 is 2.26 bits per heavy atom. The molecule has 0 saturated heterocycles. The van der Waals surface area contributed by atoms with Crippen molar-refractivity contribution in [2.45, 2.75) is 11.5 Å². The molecular weight excluding hydrogens is 260 g/mol. The van der Waals surface area contributed by atoms with Gasteiger partial charge in [0, 0.05) is 4.90 Å². The zero-order valence-electron chi connectivity index (χ0n) is 10.5. The predicted octanol–water partition coefficient (Wildman–Crippen LogP) is 3.69. The molecule has 0 radical (unpaired) electrons. The number of hydrogen-bond donors (Lipinski definition) is 1. The van der Waals surface area contributed by atoms with Gasteiger partial charge in [0.15, 0.2) is 0 Å². The van der Waals surface area contributed by atoms with Crippen molar-refractivity contribution >= 4 is 17.7 Å². The Bertz CT molecular complexity index is 547. The van der Waals surface area contributed by atoms with Gasteiger partial charge in [-0.1, -0.05) is 12.1 Å². The Morgan fingerprint density at radius 1 is 1.11 bits per heavy atom. The number of benzene rings is 2. The summed E-state index contributed by atoms with van der Waals surface area (Å²) in [5.41, 5.74) is 1.23. The summed E-state index contributed by atoms with van der Waals surface area (Å²) in [5, 5.41) is 8.80. The third kappa shape index (κ3) is 3.76. The van der Waals surface area contributed by atoms with E-state index in [4.69, 9.17) is 9.84 Å². The van der Waals surface area contributed by atoms with E-state index in [9.17, 15) is 4.79 Å². The van der Waals surface area contributed by atoms with Crippen molar-refractivity contribution in [2.24, 2.45) is 0 Å². The molecule has 0 aliphatic heterocycles. The standard InChI is InChI=1S/C15H14O3S/c1-19-14-8-6-13(7-9-14)18-10-11-2-4-12(5-3-11)15(16)17/h2-9H,10H2,1H3,(H,16,17). The van der Waals surface area contributed by atoms with Crippen LogP contribution in [0.5, 0.6) is 5.75 Å². The molecule has 0 saturated carbocycles. The molecule has 0 aromatic heterocycles. The maximum Gasteiger partial charge on any atom is 0.335 e. The van der Waals surface area contributed by atoms with E-state index in [-0.39, 0.29) is 5.56 Å². The average Bonchev–Trinajstić information content (AvgIpc) is 2.46.